The van der Waals surface area contributed by atoms with Gasteiger partial charge in [0.2, 0.25) is 0 Å². The van der Waals surface area contributed by atoms with Crippen LogP contribution in [-0.2, 0) is 0 Å². The third-order valence-electron chi connectivity index (χ3n) is 3.16. The zero-order valence-corrected chi connectivity index (χ0v) is 11.3. The van der Waals surface area contributed by atoms with Crippen LogP contribution in [0.3, 0.4) is 0 Å². The smallest absolute Gasteiger partial charge is 0.354 e. The molecule has 0 radical (unpaired) electrons. The second-order valence-electron chi connectivity index (χ2n) is 4.54. The molecule has 102 valence electrons. The van der Waals surface area contributed by atoms with Crippen LogP contribution in [0.2, 0.25) is 0 Å². The van der Waals surface area contributed by atoms with E-state index in [-0.39, 0.29) is 11.7 Å². The van der Waals surface area contributed by atoms with Crippen molar-refractivity contribution in [2.24, 2.45) is 0 Å². The highest BCUT2D eigenvalue weighted by Crippen LogP contribution is 2.24. The average Bonchev–Trinajstić information content (AvgIpc) is 2.46. The van der Waals surface area contributed by atoms with Gasteiger partial charge in [-0.05, 0) is 17.9 Å². The van der Waals surface area contributed by atoms with Crippen molar-refractivity contribution in [2.75, 3.05) is 5.32 Å². The third kappa shape index (κ3) is 2.89. The number of nitrogens with zero attached hydrogens (tertiary/aromatic N) is 1. The lowest BCUT2D eigenvalue weighted by molar-refractivity contribution is 0.0691. The molecule has 1 atom stereocenters. The molecule has 0 aliphatic heterocycles. The van der Waals surface area contributed by atoms with Gasteiger partial charge < -0.3 is 10.4 Å². The summed E-state index contributed by atoms with van der Waals surface area (Å²) < 4.78 is 0. The normalized spacial score (nSPS) is 11.8. The van der Waals surface area contributed by atoms with Crippen molar-refractivity contribution in [3.8, 4) is 12.3 Å². The monoisotopic (exact) mass is 268 g/mol. The maximum Gasteiger partial charge on any atom is 0.354 e. The number of benzene rings is 1. The fourth-order valence-corrected chi connectivity index (χ4v) is 2.05. The first-order chi connectivity index (χ1) is 9.65. The number of carboxylic acids is 1. The van der Waals surface area contributed by atoms with E-state index in [9.17, 15) is 4.79 Å². The van der Waals surface area contributed by atoms with Crippen LogP contribution in [0.5, 0.6) is 0 Å². The second kappa shape index (κ2) is 6.07. The number of carbonyl (C=O) groups is 1. The predicted octanol–water partition coefficient (Wildman–Crippen LogP) is 3.15. The Morgan fingerprint density at radius 2 is 2.25 bits per heavy atom. The van der Waals surface area contributed by atoms with Crippen molar-refractivity contribution in [1.82, 2.24) is 4.98 Å². The van der Waals surface area contributed by atoms with Crippen molar-refractivity contribution in [3.63, 3.8) is 0 Å². The molecule has 0 aliphatic rings. The molecular formula is C16H16N2O2. The number of hydrogen-bond acceptors (Lipinski definition) is 3. The molecule has 1 heterocycles. The largest absolute Gasteiger partial charge is 0.477 e. The minimum Gasteiger partial charge on any atom is -0.477 e. The van der Waals surface area contributed by atoms with Gasteiger partial charge in [-0.3, -0.25) is 0 Å². The zero-order chi connectivity index (χ0) is 14.5. The highest BCUT2D eigenvalue weighted by atomic mass is 16.4. The molecule has 1 aromatic carbocycles. The quantitative estimate of drug-likeness (QED) is 0.818. The Kier molecular flexibility index (Phi) is 4.21. The SMILES string of the molecule is C#CCC(CC)Nc1nc(C(=O)O)cc2ccccc12. The zero-order valence-electron chi connectivity index (χ0n) is 11.3. The number of fused-ring (bicyclic) bond motifs is 1. The van der Waals surface area contributed by atoms with E-state index in [0.29, 0.717) is 12.2 Å². The van der Waals surface area contributed by atoms with Gasteiger partial charge in [-0.15, -0.1) is 12.3 Å². The second-order valence-corrected chi connectivity index (χ2v) is 4.54. The molecule has 0 spiro atoms. The van der Waals surface area contributed by atoms with Crippen molar-refractivity contribution in [3.05, 3.63) is 36.0 Å². The van der Waals surface area contributed by atoms with E-state index in [1.807, 2.05) is 31.2 Å². The summed E-state index contributed by atoms with van der Waals surface area (Å²) in [4.78, 5) is 15.3. The lowest BCUT2D eigenvalue weighted by atomic mass is 10.1. The minimum atomic E-state index is -1.04. The molecule has 2 rings (SSSR count). The summed E-state index contributed by atoms with van der Waals surface area (Å²) in [6, 6.07) is 9.22. The molecule has 0 amide bonds. The molecule has 1 aromatic heterocycles. The Bertz CT molecular complexity index is 674. The van der Waals surface area contributed by atoms with Crippen molar-refractivity contribution < 1.29 is 9.90 Å². The summed E-state index contributed by atoms with van der Waals surface area (Å²) in [6.45, 7) is 2.03. The van der Waals surface area contributed by atoms with E-state index in [4.69, 9.17) is 11.5 Å². The van der Waals surface area contributed by atoms with Gasteiger partial charge in [0, 0.05) is 17.8 Å². The van der Waals surface area contributed by atoms with E-state index in [2.05, 4.69) is 16.2 Å². The van der Waals surface area contributed by atoms with Crippen LogP contribution in [-0.4, -0.2) is 22.1 Å². The number of anilines is 1. The molecule has 20 heavy (non-hydrogen) atoms. The molecule has 0 saturated carbocycles. The fraction of sp³-hybridized carbons (Fsp3) is 0.250. The van der Waals surface area contributed by atoms with E-state index in [1.165, 1.54) is 0 Å². The van der Waals surface area contributed by atoms with E-state index >= 15 is 0 Å². The Balaban J connectivity index is 2.49. The van der Waals surface area contributed by atoms with Gasteiger partial charge in [-0.2, -0.15) is 0 Å². The summed E-state index contributed by atoms with van der Waals surface area (Å²) in [7, 11) is 0. The maximum absolute atomic E-state index is 11.2. The molecule has 4 nitrogen and oxygen atoms in total. The third-order valence-corrected chi connectivity index (χ3v) is 3.16. The number of hydrogen-bond donors (Lipinski definition) is 2. The van der Waals surface area contributed by atoms with E-state index < -0.39 is 5.97 Å². The Morgan fingerprint density at radius 1 is 1.50 bits per heavy atom. The van der Waals surface area contributed by atoms with Crippen LogP contribution >= 0.6 is 0 Å². The molecule has 1 unspecified atom stereocenters. The summed E-state index contributed by atoms with van der Waals surface area (Å²) in [5.74, 6) is 2.15. The van der Waals surface area contributed by atoms with Gasteiger partial charge in [0.25, 0.3) is 0 Å². The molecule has 2 aromatic rings. The highest BCUT2D eigenvalue weighted by molar-refractivity contribution is 5.97. The number of carboxylic acid groups (broad SMARTS) is 1. The van der Waals surface area contributed by atoms with Crippen LogP contribution in [0.15, 0.2) is 30.3 Å². The predicted molar refractivity (Wildman–Crippen MR) is 79.9 cm³/mol. The summed E-state index contributed by atoms with van der Waals surface area (Å²) in [5.41, 5.74) is 0.0294. The van der Waals surface area contributed by atoms with Gasteiger partial charge >= 0.3 is 5.97 Å². The van der Waals surface area contributed by atoms with Gasteiger partial charge in [-0.25, -0.2) is 9.78 Å². The number of terminal acetylenes is 1. The van der Waals surface area contributed by atoms with Gasteiger partial charge in [0.15, 0.2) is 5.69 Å². The Morgan fingerprint density at radius 3 is 2.90 bits per heavy atom. The van der Waals surface area contributed by atoms with Gasteiger partial charge in [-0.1, -0.05) is 31.2 Å². The maximum atomic E-state index is 11.2. The molecule has 0 aliphatic carbocycles. The summed E-state index contributed by atoms with van der Waals surface area (Å²) in [5, 5.41) is 14.1. The minimum absolute atomic E-state index is 0.0294. The number of nitrogens with one attached hydrogen (secondary N) is 1. The van der Waals surface area contributed by atoms with Gasteiger partial charge in [0.1, 0.15) is 5.82 Å². The molecule has 0 fully saturated rings. The van der Waals surface area contributed by atoms with Gasteiger partial charge in [0.05, 0.1) is 0 Å². The molecule has 0 saturated heterocycles. The number of aromatic carboxylic acids is 1. The standard InChI is InChI=1S/C16H16N2O2/c1-3-7-12(4-2)17-15-13-9-6-5-8-11(13)10-14(18-15)16(19)20/h1,5-6,8-10,12H,4,7H2,2H3,(H,17,18)(H,19,20). The van der Waals surface area contributed by atoms with Crippen LogP contribution in [0.4, 0.5) is 5.82 Å². The fourth-order valence-electron chi connectivity index (χ4n) is 2.05. The van der Waals surface area contributed by atoms with Crippen molar-refractivity contribution in [1.29, 1.82) is 0 Å². The van der Waals surface area contributed by atoms with Crippen LogP contribution in [0.25, 0.3) is 10.8 Å². The number of rotatable bonds is 5. The van der Waals surface area contributed by atoms with Crippen LogP contribution in [0, 0.1) is 12.3 Å². The Hall–Kier alpha value is -2.54. The molecular weight excluding hydrogens is 252 g/mol. The number of aromatic nitrogens is 1. The first-order valence-electron chi connectivity index (χ1n) is 6.48. The first kappa shape index (κ1) is 13.9. The first-order valence-corrected chi connectivity index (χ1v) is 6.48. The van der Waals surface area contributed by atoms with Crippen molar-refractivity contribution >= 4 is 22.6 Å². The average molecular weight is 268 g/mol. The Labute approximate surface area is 117 Å². The topological polar surface area (TPSA) is 62.2 Å². The van der Waals surface area contributed by atoms with E-state index in [1.54, 1.807) is 6.07 Å². The number of pyridine rings is 1. The molecule has 0 bridgehead atoms. The lowest BCUT2D eigenvalue weighted by Crippen LogP contribution is -2.19. The van der Waals surface area contributed by atoms with Crippen LogP contribution < -0.4 is 5.32 Å². The molecule has 2 N–H and O–H groups in total. The molecule has 4 heteroatoms. The lowest BCUT2D eigenvalue weighted by Gasteiger charge is -2.17. The van der Waals surface area contributed by atoms with Crippen LogP contribution in [0.1, 0.15) is 30.3 Å². The highest BCUT2D eigenvalue weighted by Gasteiger charge is 2.13. The van der Waals surface area contributed by atoms with E-state index in [0.717, 1.165) is 17.2 Å². The van der Waals surface area contributed by atoms with Crippen molar-refractivity contribution in [2.45, 2.75) is 25.8 Å². The summed E-state index contributed by atoms with van der Waals surface area (Å²) >= 11 is 0. The summed E-state index contributed by atoms with van der Waals surface area (Å²) in [6.07, 6.45) is 6.76.